The molecule has 4 heteroatoms. The number of hydrogen-bond acceptors (Lipinski definition) is 4. The molecule has 17 heavy (non-hydrogen) atoms. The number of aliphatic hydroxyl groups is 1. The van der Waals surface area contributed by atoms with Crippen molar-refractivity contribution in [2.75, 3.05) is 32.8 Å². The van der Waals surface area contributed by atoms with Gasteiger partial charge in [-0.2, -0.15) is 0 Å². The fourth-order valence-corrected chi connectivity index (χ4v) is 2.12. The minimum atomic E-state index is -0.404. The van der Waals surface area contributed by atoms with Crippen LogP contribution in [0.1, 0.15) is 33.6 Å². The summed E-state index contributed by atoms with van der Waals surface area (Å²) in [4.78, 5) is 2.48. The van der Waals surface area contributed by atoms with Crippen LogP contribution in [0.3, 0.4) is 0 Å². The molecule has 1 heterocycles. The number of aliphatic hydroxyl groups excluding tert-OH is 1. The third kappa shape index (κ3) is 6.99. The maximum absolute atomic E-state index is 9.71. The van der Waals surface area contributed by atoms with Gasteiger partial charge in [-0.15, -0.1) is 0 Å². The van der Waals surface area contributed by atoms with Gasteiger partial charge < -0.3 is 20.1 Å². The molecule has 102 valence electrons. The average molecular weight is 244 g/mol. The van der Waals surface area contributed by atoms with Gasteiger partial charge in [-0.05, 0) is 46.7 Å². The van der Waals surface area contributed by atoms with E-state index in [0.717, 1.165) is 6.54 Å². The highest BCUT2D eigenvalue weighted by Gasteiger charge is 2.15. The molecule has 0 aromatic carbocycles. The van der Waals surface area contributed by atoms with Crippen LogP contribution in [0.2, 0.25) is 0 Å². The van der Waals surface area contributed by atoms with Gasteiger partial charge >= 0.3 is 0 Å². The lowest BCUT2D eigenvalue weighted by Gasteiger charge is -2.22. The van der Waals surface area contributed by atoms with Crippen molar-refractivity contribution in [3.63, 3.8) is 0 Å². The normalized spacial score (nSPS) is 21.0. The molecular weight excluding hydrogens is 216 g/mol. The van der Waals surface area contributed by atoms with Crippen molar-refractivity contribution in [2.45, 2.75) is 51.9 Å². The van der Waals surface area contributed by atoms with E-state index in [4.69, 9.17) is 4.74 Å². The molecule has 0 bridgehead atoms. The minimum Gasteiger partial charge on any atom is -0.389 e. The summed E-state index contributed by atoms with van der Waals surface area (Å²) in [6.45, 7) is 10.7. The largest absolute Gasteiger partial charge is 0.389 e. The quantitative estimate of drug-likeness (QED) is 0.664. The topological polar surface area (TPSA) is 44.7 Å². The number of hydrogen-bond donors (Lipinski definition) is 2. The predicted molar refractivity (Wildman–Crippen MR) is 70.2 cm³/mol. The van der Waals surface area contributed by atoms with Gasteiger partial charge in [0.05, 0.1) is 18.8 Å². The molecule has 1 saturated heterocycles. The van der Waals surface area contributed by atoms with Gasteiger partial charge in [0.2, 0.25) is 0 Å². The second-order valence-corrected chi connectivity index (χ2v) is 5.35. The van der Waals surface area contributed by atoms with E-state index in [1.807, 2.05) is 13.8 Å². The Morgan fingerprint density at radius 1 is 1.24 bits per heavy atom. The molecule has 2 N–H and O–H groups in total. The van der Waals surface area contributed by atoms with E-state index in [1.165, 1.54) is 25.9 Å². The van der Waals surface area contributed by atoms with Crippen molar-refractivity contribution >= 4 is 0 Å². The standard InChI is InChI=1S/C13H28N2O2/c1-11(2)17-10-13(16)8-14-12(3)9-15-6-4-5-7-15/h11-14,16H,4-10H2,1-3H3. The molecule has 2 atom stereocenters. The first-order chi connectivity index (χ1) is 8.08. The Morgan fingerprint density at radius 3 is 2.47 bits per heavy atom. The third-order valence-corrected chi connectivity index (χ3v) is 3.05. The first-order valence-corrected chi connectivity index (χ1v) is 6.83. The van der Waals surface area contributed by atoms with Crippen molar-refractivity contribution in [3.8, 4) is 0 Å². The number of rotatable bonds is 8. The van der Waals surface area contributed by atoms with Gasteiger partial charge in [-0.1, -0.05) is 0 Å². The smallest absolute Gasteiger partial charge is 0.0897 e. The molecule has 4 nitrogen and oxygen atoms in total. The molecule has 1 aliphatic heterocycles. The van der Waals surface area contributed by atoms with Crippen LogP contribution in [0.25, 0.3) is 0 Å². The Hall–Kier alpha value is -0.160. The maximum Gasteiger partial charge on any atom is 0.0897 e. The van der Waals surface area contributed by atoms with Crippen LogP contribution in [0.4, 0.5) is 0 Å². The summed E-state index contributed by atoms with van der Waals surface area (Å²) in [5.74, 6) is 0. The van der Waals surface area contributed by atoms with Crippen LogP contribution in [-0.2, 0) is 4.74 Å². The van der Waals surface area contributed by atoms with Crippen LogP contribution in [-0.4, -0.2) is 61.0 Å². The lowest BCUT2D eigenvalue weighted by atomic mass is 10.3. The van der Waals surface area contributed by atoms with Gasteiger partial charge in [0, 0.05) is 19.1 Å². The molecule has 1 aliphatic rings. The molecule has 1 fully saturated rings. The molecule has 0 radical (unpaired) electrons. The highest BCUT2D eigenvalue weighted by molar-refractivity contribution is 4.73. The molecule has 1 rings (SSSR count). The van der Waals surface area contributed by atoms with Gasteiger partial charge in [0.15, 0.2) is 0 Å². The van der Waals surface area contributed by atoms with Crippen molar-refractivity contribution in [2.24, 2.45) is 0 Å². The van der Waals surface area contributed by atoms with Gasteiger partial charge in [-0.25, -0.2) is 0 Å². The Morgan fingerprint density at radius 2 is 1.88 bits per heavy atom. The third-order valence-electron chi connectivity index (χ3n) is 3.05. The molecule has 0 aliphatic carbocycles. The van der Waals surface area contributed by atoms with Crippen LogP contribution >= 0.6 is 0 Å². The zero-order valence-corrected chi connectivity index (χ0v) is 11.5. The number of nitrogens with zero attached hydrogens (tertiary/aromatic N) is 1. The molecular formula is C13H28N2O2. The molecule has 0 aromatic rings. The first-order valence-electron chi connectivity index (χ1n) is 6.83. The van der Waals surface area contributed by atoms with Crippen molar-refractivity contribution in [1.82, 2.24) is 10.2 Å². The summed E-state index contributed by atoms with van der Waals surface area (Å²) < 4.78 is 5.37. The summed E-state index contributed by atoms with van der Waals surface area (Å²) >= 11 is 0. The highest BCUT2D eigenvalue weighted by atomic mass is 16.5. The zero-order valence-electron chi connectivity index (χ0n) is 11.5. The van der Waals surface area contributed by atoms with Crippen molar-refractivity contribution in [3.05, 3.63) is 0 Å². The Bertz CT molecular complexity index is 194. The zero-order chi connectivity index (χ0) is 12.7. The maximum atomic E-state index is 9.71. The van der Waals surface area contributed by atoms with Crippen molar-refractivity contribution < 1.29 is 9.84 Å². The van der Waals surface area contributed by atoms with E-state index in [9.17, 15) is 5.11 Å². The number of ether oxygens (including phenoxy) is 1. The second kappa shape index (κ2) is 8.03. The molecule has 0 aromatic heterocycles. The second-order valence-electron chi connectivity index (χ2n) is 5.35. The lowest BCUT2D eigenvalue weighted by molar-refractivity contribution is 0.00533. The van der Waals surface area contributed by atoms with Gasteiger partial charge in [-0.3, -0.25) is 0 Å². The summed E-state index contributed by atoms with van der Waals surface area (Å²) in [5.41, 5.74) is 0. The average Bonchev–Trinajstić information content (AvgIpc) is 2.76. The van der Waals surface area contributed by atoms with E-state index in [-0.39, 0.29) is 6.10 Å². The van der Waals surface area contributed by atoms with E-state index in [1.54, 1.807) is 0 Å². The lowest BCUT2D eigenvalue weighted by Crippen LogP contribution is -2.42. The summed E-state index contributed by atoms with van der Waals surface area (Å²) in [6, 6.07) is 0.432. The highest BCUT2D eigenvalue weighted by Crippen LogP contribution is 2.07. The van der Waals surface area contributed by atoms with E-state index >= 15 is 0 Å². The van der Waals surface area contributed by atoms with Crippen LogP contribution in [0.15, 0.2) is 0 Å². The summed E-state index contributed by atoms with van der Waals surface area (Å²) in [5, 5.41) is 13.1. The van der Waals surface area contributed by atoms with E-state index in [0.29, 0.717) is 19.2 Å². The monoisotopic (exact) mass is 244 g/mol. The molecule has 0 amide bonds. The SMILES string of the molecule is CC(CN1CCCC1)NCC(O)COC(C)C. The minimum absolute atomic E-state index is 0.187. The number of nitrogens with one attached hydrogen (secondary N) is 1. The van der Waals surface area contributed by atoms with E-state index < -0.39 is 6.10 Å². The van der Waals surface area contributed by atoms with Gasteiger partial charge in [0.1, 0.15) is 0 Å². The van der Waals surface area contributed by atoms with Crippen LogP contribution in [0, 0.1) is 0 Å². The fraction of sp³-hybridized carbons (Fsp3) is 1.00. The van der Waals surface area contributed by atoms with Crippen LogP contribution < -0.4 is 5.32 Å². The Kier molecular flexibility index (Phi) is 7.04. The van der Waals surface area contributed by atoms with Crippen LogP contribution in [0.5, 0.6) is 0 Å². The summed E-state index contributed by atoms with van der Waals surface area (Å²) in [6.07, 6.45) is 2.44. The Labute approximate surface area is 105 Å². The predicted octanol–water partition coefficient (Wildman–Crippen LogP) is 0.846. The Balaban J connectivity index is 2.03. The molecule has 0 saturated carbocycles. The first kappa shape index (κ1) is 14.9. The van der Waals surface area contributed by atoms with Gasteiger partial charge in [0.25, 0.3) is 0 Å². The summed E-state index contributed by atoms with van der Waals surface area (Å²) in [7, 11) is 0. The van der Waals surface area contributed by atoms with E-state index in [2.05, 4.69) is 17.1 Å². The number of likely N-dealkylation sites (tertiary alicyclic amines) is 1. The molecule has 2 unspecified atom stereocenters. The fourth-order valence-electron chi connectivity index (χ4n) is 2.12. The molecule has 0 spiro atoms. The van der Waals surface area contributed by atoms with Crippen molar-refractivity contribution in [1.29, 1.82) is 0 Å².